The number of rotatable bonds is 8. The van der Waals surface area contributed by atoms with E-state index in [-0.39, 0.29) is 30.0 Å². The minimum atomic E-state index is -0.522. The summed E-state index contributed by atoms with van der Waals surface area (Å²) in [5.74, 6) is 1.08. The van der Waals surface area contributed by atoms with Crippen LogP contribution in [-0.4, -0.2) is 31.7 Å². The lowest BCUT2D eigenvalue weighted by Gasteiger charge is -2.16. The highest BCUT2D eigenvalue weighted by molar-refractivity contribution is 5.78. The third-order valence-corrected chi connectivity index (χ3v) is 3.68. The molecule has 8 nitrogen and oxygen atoms in total. The van der Waals surface area contributed by atoms with Crippen molar-refractivity contribution in [3.63, 3.8) is 0 Å². The molecule has 138 valence electrons. The van der Waals surface area contributed by atoms with Crippen LogP contribution in [0.5, 0.6) is 17.2 Å². The molecule has 1 N–H and O–H groups in total. The van der Waals surface area contributed by atoms with Gasteiger partial charge in [0.2, 0.25) is 0 Å². The number of hydrogen-bond donors (Lipinski definition) is 1. The molecule has 8 heteroatoms. The van der Waals surface area contributed by atoms with E-state index in [0.29, 0.717) is 11.5 Å². The fraction of sp³-hybridized carbons (Fsp3) is 0.278. The molecule has 2 aromatic rings. The lowest BCUT2D eigenvalue weighted by atomic mass is 10.1. The van der Waals surface area contributed by atoms with E-state index in [1.165, 1.54) is 25.3 Å². The van der Waals surface area contributed by atoms with Gasteiger partial charge in [0.1, 0.15) is 5.75 Å². The van der Waals surface area contributed by atoms with Crippen LogP contribution in [0.2, 0.25) is 0 Å². The SMILES string of the molecule is COc1ccc(C(C)NC(=O)COc2cccc([N+](=O)[O-])c2)cc1OC. The lowest BCUT2D eigenvalue weighted by Crippen LogP contribution is -2.31. The van der Waals surface area contributed by atoms with Gasteiger partial charge in [0, 0.05) is 6.07 Å². The summed E-state index contributed by atoms with van der Waals surface area (Å²) in [4.78, 5) is 22.3. The number of nitro groups is 1. The number of amides is 1. The zero-order valence-electron chi connectivity index (χ0n) is 14.7. The third kappa shape index (κ3) is 4.85. The van der Waals surface area contributed by atoms with Gasteiger partial charge in [0.15, 0.2) is 18.1 Å². The van der Waals surface area contributed by atoms with Crippen LogP contribution >= 0.6 is 0 Å². The van der Waals surface area contributed by atoms with Gasteiger partial charge in [-0.25, -0.2) is 0 Å². The number of ether oxygens (including phenoxy) is 3. The predicted octanol–water partition coefficient (Wildman–Crippen LogP) is 2.87. The minimum Gasteiger partial charge on any atom is -0.493 e. The van der Waals surface area contributed by atoms with Crippen molar-refractivity contribution >= 4 is 11.6 Å². The van der Waals surface area contributed by atoms with Crippen LogP contribution in [-0.2, 0) is 4.79 Å². The molecule has 0 bridgehead atoms. The molecular weight excluding hydrogens is 340 g/mol. The van der Waals surface area contributed by atoms with Crippen molar-refractivity contribution in [3.8, 4) is 17.2 Å². The van der Waals surface area contributed by atoms with Gasteiger partial charge in [-0.3, -0.25) is 14.9 Å². The van der Waals surface area contributed by atoms with Crippen molar-refractivity contribution in [2.24, 2.45) is 0 Å². The number of hydrogen-bond acceptors (Lipinski definition) is 6. The first kappa shape index (κ1) is 19.0. The quantitative estimate of drug-likeness (QED) is 0.574. The van der Waals surface area contributed by atoms with E-state index in [2.05, 4.69) is 5.32 Å². The Morgan fingerprint density at radius 1 is 1.15 bits per heavy atom. The van der Waals surface area contributed by atoms with E-state index in [0.717, 1.165) is 5.56 Å². The lowest BCUT2D eigenvalue weighted by molar-refractivity contribution is -0.384. The van der Waals surface area contributed by atoms with Crippen molar-refractivity contribution in [2.45, 2.75) is 13.0 Å². The van der Waals surface area contributed by atoms with Gasteiger partial charge in [0.05, 0.1) is 31.3 Å². The highest BCUT2D eigenvalue weighted by atomic mass is 16.6. The van der Waals surface area contributed by atoms with Crippen molar-refractivity contribution in [3.05, 3.63) is 58.1 Å². The first-order valence-electron chi connectivity index (χ1n) is 7.83. The smallest absolute Gasteiger partial charge is 0.273 e. The number of carbonyl (C=O) groups excluding carboxylic acids is 1. The summed E-state index contributed by atoms with van der Waals surface area (Å²) in [5.41, 5.74) is 0.743. The highest BCUT2D eigenvalue weighted by Gasteiger charge is 2.14. The fourth-order valence-electron chi connectivity index (χ4n) is 2.32. The van der Waals surface area contributed by atoms with Crippen LogP contribution in [0.1, 0.15) is 18.5 Å². The van der Waals surface area contributed by atoms with Crippen LogP contribution in [0.3, 0.4) is 0 Å². The number of benzene rings is 2. The van der Waals surface area contributed by atoms with Crippen LogP contribution in [0.25, 0.3) is 0 Å². The number of nitro benzene ring substituents is 1. The van der Waals surface area contributed by atoms with Gasteiger partial charge in [-0.1, -0.05) is 12.1 Å². The summed E-state index contributed by atoms with van der Waals surface area (Å²) in [6, 6.07) is 10.8. The highest BCUT2D eigenvalue weighted by Crippen LogP contribution is 2.29. The second-order valence-electron chi connectivity index (χ2n) is 5.45. The monoisotopic (exact) mass is 360 g/mol. The molecule has 0 fully saturated rings. The molecule has 0 aliphatic heterocycles. The van der Waals surface area contributed by atoms with Gasteiger partial charge in [-0.05, 0) is 30.7 Å². The van der Waals surface area contributed by atoms with Gasteiger partial charge >= 0.3 is 0 Å². The summed E-state index contributed by atoms with van der Waals surface area (Å²) in [5, 5.41) is 13.5. The van der Waals surface area contributed by atoms with Crippen LogP contribution in [0.4, 0.5) is 5.69 Å². The Labute approximate surface area is 150 Å². The topological polar surface area (TPSA) is 99.9 Å². The second-order valence-corrected chi connectivity index (χ2v) is 5.45. The molecule has 26 heavy (non-hydrogen) atoms. The molecule has 0 heterocycles. The fourth-order valence-corrected chi connectivity index (χ4v) is 2.32. The summed E-state index contributed by atoms with van der Waals surface area (Å²) in [7, 11) is 3.09. The van der Waals surface area contributed by atoms with Gasteiger partial charge in [-0.2, -0.15) is 0 Å². The molecule has 2 aromatic carbocycles. The maximum Gasteiger partial charge on any atom is 0.273 e. The summed E-state index contributed by atoms with van der Waals surface area (Å²) in [6.45, 7) is 1.57. The number of nitrogens with one attached hydrogen (secondary N) is 1. The first-order chi connectivity index (χ1) is 12.4. The van der Waals surface area contributed by atoms with Crippen molar-refractivity contribution in [2.75, 3.05) is 20.8 Å². The van der Waals surface area contributed by atoms with Gasteiger partial charge in [0.25, 0.3) is 11.6 Å². The summed E-state index contributed by atoms with van der Waals surface area (Å²) < 4.78 is 15.8. The number of non-ortho nitro benzene ring substituents is 1. The molecule has 0 saturated heterocycles. The number of nitrogens with zero attached hydrogens (tertiary/aromatic N) is 1. The van der Waals surface area contributed by atoms with E-state index in [9.17, 15) is 14.9 Å². The molecule has 1 unspecified atom stereocenters. The molecule has 1 atom stereocenters. The average molecular weight is 360 g/mol. The maximum absolute atomic E-state index is 12.1. The number of methoxy groups -OCH3 is 2. The number of carbonyl (C=O) groups is 1. The molecule has 0 aromatic heterocycles. The van der Waals surface area contributed by atoms with Crippen molar-refractivity contribution in [1.29, 1.82) is 0 Å². The standard InChI is InChI=1S/C18H20N2O6/c1-12(13-7-8-16(24-2)17(9-13)25-3)19-18(21)11-26-15-6-4-5-14(10-15)20(22)23/h4-10,12H,11H2,1-3H3,(H,19,21). The van der Waals surface area contributed by atoms with E-state index in [1.807, 2.05) is 13.0 Å². The zero-order chi connectivity index (χ0) is 19.1. The Bertz CT molecular complexity index is 793. The van der Waals surface area contributed by atoms with E-state index in [1.54, 1.807) is 25.3 Å². The largest absolute Gasteiger partial charge is 0.493 e. The van der Waals surface area contributed by atoms with E-state index >= 15 is 0 Å². The molecule has 0 saturated carbocycles. The van der Waals surface area contributed by atoms with Crippen molar-refractivity contribution < 1.29 is 23.9 Å². The Morgan fingerprint density at radius 2 is 1.88 bits per heavy atom. The molecular formula is C18H20N2O6. The first-order valence-corrected chi connectivity index (χ1v) is 7.83. The predicted molar refractivity (Wildman–Crippen MR) is 94.7 cm³/mol. The summed E-state index contributed by atoms with van der Waals surface area (Å²) >= 11 is 0. The van der Waals surface area contributed by atoms with E-state index in [4.69, 9.17) is 14.2 Å². The average Bonchev–Trinajstić information content (AvgIpc) is 2.65. The molecule has 0 spiro atoms. The Morgan fingerprint density at radius 3 is 2.54 bits per heavy atom. The second kappa shape index (κ2) is 8.70. The van der Waals surface area contributed by atoms with Crippen LogP contribution < -0.4 is 19.5 Å². The molecule has 0 aliphatic carbocycles. The van der Waals surface area contributed by atoms with Crippen LogP contribution in [0, 0.1) is 10.1 Å². The molecule has 0 radical (unpaired) electrons. The van der Waals surface area contributed by atoms with E-state index < -0.39 is 4.92 Å². The molecule has 0 aliphatic rings. The third-order valence-electron chi connectivity index (χ3n) is 3.68. The van der Waals surface area contributed by atoms with Gasteiger partial charge < -0.3 is 19.5 Å². The Balaban J connectivity index is 1.95. The van der Waals surface area contributed by atoms with Crippen LogP contribution in [0.15, 0.2) is 42.5 Å². The Kier molecular flexibility index (Phi) is 6.37. The Hall–Kier alpha value is -3.29. The normalized spacial score (nSPS) is 11.3. The maximum atomic E-state index is 12.1. The van der Waals surface area contributed by atoms with Crippen molar-refractivity contribution in [1.82, 2.24) is 5.32 Å². The molecule has 1 amide bonds. The summed E-state index contributed by atoms with van der Waals surface area (Å²) in [6.07, 6.45) is 0. The van der Waals surface area contributed by atoms with Gasteiger partial charge in [-0.15, -0.1) is 0 Å². The molecule has 2 rings (SSSR count). The minimum absolute atomic E-state index is 0.0957. The zero-order valence-corrected chi connectivity index (χ0v) is 14.7.